The molecule has 4 heteroatoms. The van der Waals surface area contributed by atoms with Crippen molar-refractivity contribution in [3.63, 3.8) is 0 Å². The van der Waals surface area contributed by atoms with Crippen molar-refractivity contribution in [2.75, 3.05) is 7.11 Å². The van der Waals surface area contributed by atoms with E-state index in [0.29, 0.717) is 18.3 Å². The lowest BCUT2D eigenvalue weighted by Gasteiger charge is -2.23. The predicted molar refractivity (Wildman–Crippen MR) is 75.6 cm³/mol. The minimum atomic E-state index is 0. The highest BCUT2D eigenvalue weighted by Gasteiger charge is 2.14. The maximum Gasteiger partial charge on any atom is 0.162 e. The molecule has 0 bridgehead atoms. The predicted octanol–water partition coefficient (Wildman–Crippen LogP) is 3.24. The Balaban J connectivity index is 0.00000162. The summed E-state index contributed by atoms with van der Waals surface area (Å²) < 4.78 is 5.10. The Hall–Kier alpha value is -0.930. The molecule has 102 valence electrons. The van der Waals surface area contributed by atoms with Crippen molar-refractivity contribution >= 4 is 12.4 Å². The van der Waals surface area contributed by atoms with E-state index in [1.807, 2.05) is 12.1 Å². The first kappa shape index (κ1) is 15.1. The van der Waals surface area contributed by atoms with Crippen LogP contribution in [-0.2, 0) is 6.54 Å². The summed E-state index contributed by atoms with van der Waals surface area (Å²) in [6.45, 7) is 0.716. The van der Waals surface area contributed by atoms with Crippen LogP contribution in [0.25, 0.3) is 0 Å². The number of phenols is 1. The van der Waals surface area contributed by atoms with Crippen LogP contribution < -0.4 is 10.1 Å². The smallest absolute Gasteiger partial charge is 0.162 e. The number of rotatable bonds is 4. The van der Waals surface area contributed by atoms with Crippen LogP contribution in [0.1, 0.15) is 37.7 Å². The van der Waals surface area contributed by atoms with Gasteiger partial charge < -0.3 is 15.2 Å². The van der Waals surface area contributed by atoms with Gasteiger partial charge in [-0.25, -0.2) is 0 Å². The molecule has 1 aliphatic carbocycles. The Morgan fingerprint density at radius 3 is 2.67 bits per heavy atom. The van der Waals surface area contributed by atoms with E-state index in [-0.39, 0.29) is 18.2 Å². The van der Waals surface area contributed by atoms with E-state index in [9.17, 15) is 5.11 Å². The molecule has 0 aromatic heterocycles. The molecule has 0 unspecified atom stereocenters. The second-order valence-corrected chi connectivity index (χ2v) is 4.68. The van der Waals surface area contributed by atoms with Gasteiger partial charge in [0.2, 0.25) is 0 Å². The summed E-state index contributed by atoms with van der Waals surface area (Å²) >= 11 is 0. The summed E-state index contributed by atoms with van der Waals surface area (Å²) in [4.78, 5) is 0. The standard InChI is InChI=1S/C14H21NO2.ClH/c1-17-13-9-5-6-11(14(13)16)10-15-12-7-3-2-4-8-12;/h5-6,9,12,15-16H,2-4,7-8,10H2,1H3;1H. The summed E-state index contributed by atoms with van der Waals surface area (Å²) in [5, 5.41) is 13.5. The molecule has 0 atom stereocenters. The molecule has 2 N–H and O–H groups in total. The van der Waals surface area contributed by atoms with Gasteiger partial charge in [0, 0.05) is 18.2 Å². The van der Waals surface area contributed by atoms with Gasteiger partial charge in [-0.1, -0.05) is 31.4 Å². The molecule has 0 saturated heterocycles. The van der Waals surface area contributed by atoms with E-state index in [1.165, 1.54) is 32.1 Å². The number of benzene rings is 1. The van der Waals surface area contributed by atoms with Crippen molar-refractivity contribution in [2.24, 2.45) is 0 Å². The number of aromatic hydroxyl groups is 1. The van der Waals surface area contributed by atoms with Crippen molar-refractivity contribution in [3.05, 3.63) is 23.8 Å². The van der Waals surface area contributed by atoms with Gasteiger partial charge in [-0.05, 0) is 18.9 Å². The van der Waals surface area contributed by atoms with E-state index in [1.54, 1.807) is 13.2 Å². The Labute approximate surface area is 115 Å². The van der Waals surface area contributed by atoms with Crippen LogP contribution in [0, 0.1) is 0 Å². The molecule has 0 amide bonds. The molecule has 0 aliphatic heterocycles. The Bertz CT molecular complexity index is 365. The van der Waals surface area contributed by atoms with Crippen molar-refractivity contribution in [1.29, 1.82) is 0 Å². The maximum atomic E-state index is 9.95. The highest BCUT2D eigenvalue weighted by Crippen LogP contribution is 2.29. The molecule has 1 aromatic rings. The molecule has 1 saturated carbocycles. The molecule has 3 nitrogen and oxygen atoms in total. The third-order valence-corrected chi connectivity index (χ3v) is 3.49. The van der Waals surface area contributed by atoms with Gasteiger partial charge in [0.25, 0.3) is 0 Å². The Kier molecular flexibility index (Phi) is 6.30. The average Bonchev–Trinajstić information content (AvgIpc) is 2.39. The van der Waals surface area contributed by atoms with Gasteiger partial charge in [-0.3, -0.25) is 0 Å². The first-order valence-electron chi connectivity index (χ1n) is 6.39. The average molecular weight is 272 g/mol. The lowest BCUT2D eigenvalue weighted by molar-refractivity contribution is 0.357. The van der Waals surface area contributed by atoms with Gasteiger partial charge in [0.15, 0.2) is 11.5 Å². The number of ether oxygens (including phenoxy) is 1. The van der Waals surface area contributed by atoms with E-state index >= 15 is 0 Å². The number of nitrogens with one attached hydrogen (secondary N) is 1. The summed E-state index contributed by atoms with van der Waals surface area (Å²) in [5.41, 5.74) is 0.912. The van der Waals surface area contributed by atoms with E-state index < -0.39 is 0 Å². The van der Waals surface area contributed by atoms with E-state index in [4.69, 9.17) is 4.74 Å². The molecular formula is C14H22ClNO2. The maximum absolute atomic E-state index is 9.95. The second-order valence-electron chi connectivity index (χ2n) is 4.68. The number of hydrogen-bond acceptors (Lipinski definition) is 3. The molecule has 1 aromatic carbocycles. The summed E-state index contributed by atoms with van der Waals surface area (Å²) in [5.74, 6) is 0.811. The molecular weight excluding hydrogens is 250 g/mol. The molecule has 1 aliphatic rings. The third-order valence-electron chi connectivity index (χ3n) is 3.49. The van der Waals surface area contributed by atoms with Crippen LogP contribution in [0.2, 0.25) is 0 Å². The lowest BCUT2D eigenvalue weighted by atomic mass is 9.95. The summed E-state index contributed by atoms with van der Waals surface area (Å²) in [6, 6.07) is 6.23. The normalized spacial score (nSPS) is 16.1. The number of halogens is 1. The van der Waals surface area contributed by atoms with Gasteiger partial charge in [-0.15, -0.1) is 12.4 Å². The quantitative estimate of drug-likeness (QED) is 0.883. The Morgan fingerprint density at radius 2 is 2.00 bits per heavy atom. The molecule has 0 heterocycles. The second kappa shape index (κ2) is 7.49. The number of methoxy groups -OCH3 is 1. The van der Waals surface area contributed by atoms with Crippen LogP contribution in [-0.4, -0.2) is 18.3 Å². The SMILES string of the molecule is COc1cccc(CNC2CCCCC2)c1O.Cl. The van der Waals surface area contributed by atoms with Gasteiger partial charge in [0.05, 0.1) is 7.11 Å². The zero-order valence-electron chi connectivity index (χ0n) is 10.8. The topological polar surface area (TPSA) is 41.5 Å². The fourth-order valence-corrected chi connectivity index (χ4v) is 2.44. The molecule has 0 radical (unpaired) electrons. The van der Waals surface area contributed by atoms with Crippen LogP contribution in [0.15, 0.2) is 18.2 Å². The molecule has 18 heavy (non-hydrogen) atoms. The first-order chi connectivity index (χ1) is 8.31. The van der Waals surface area contributed by atoms with Crippen LogP contribution >= 0.6 is 12.4 Å². The van der Waals surface area contributed by atoms with Gasteiger partial charge >= 0.3 is 0 Å². The molecule has 1 fully saturated rings. The largest absolute Gasteiger partial charge is 0.504 e. The van der Waals surface area contributed by atoms with Crippen molar-refractivity contribution < 1.29 is 9.84 Å². The van der Waals surface area contributed by atoms with Crippen molar-refractivity contribution in [2.45, 2.75) is 44.7 Å². The van der Waals surface area contributed by atoms with Crippen LogP contribution in [0.4, 0.5) is 0 Å². The zero-order valence-corrected chi connectivity index (χ0v) is 11.6. The minimum absolute atomic E-state index is 0. The van der Waals surface area contributed by atoms with Crippen LogP contribution in [0.3, 0.4) is 0 Å². The molecule has 0 spiro atoms. The summed E-state index contributed by atoms with van der Waals surface area (Å²) in [6.07, 6.45) is 6.52. The third kappa shape index (κ3) is 3.79. The van der Waals surface area contributed by atoms with E-state index in [0.717, 1.165) is 5.56 Å². The van der Waals surface area contributed by atoms with Crippen molar-refractivity contribution in [3.8, 4) is 11.5 Å². The van der Waals surface area contributed by atoms with Gasteiger partial charge in [0.1, 0.15) is 0 Å². The van der Waals surface area contributed by atoms with Gasteiger partial charge in [-0.2, -0.15) is 0 Å². The highest BCUT2D eigenvalue weighted by atomic mass is 35.5. The number of para-hydroxylation sites is 1. The molecule has 2 rings (SSSR count). The Morgan fingerprint density at radius 1 is 1.28 bits per heavy atom. The minimum Gasteiger partial charge on any atom is -0.504 e. The van der Waals surface area contributed by atoms with Crippen molar-refractivity contribution in [1.82, 2.24) is 5.32 Å². The lowest BCUT2D eigenvalue weighted by Crippen LogP contribution is -2.30. The monoisotopic (exact) mass is 271 g/mol. The number of phenolic OH excluding ortho intramolecular Hbond substituents is 1. The number of hydrogen-bond donors (Lipinski definition) is 2. The van der Waals surface area contributed by atoms with E-state index in [2.05, 4.69) is 5.32 Å². The zero-order chi connectivity index (χ0) is 12.1. The highest BCUT2D eigenvalue weighted by molar-refractivity contribution is 5.85. The summed E-state index contributed by atoms with van der Waals surface area (Å²) in [7, 11) is 1.58. The first-order valence-corrected chi connectivity index (χ1v) is 6.39. The fourth-order valence-electron chi connectivity index (χ4n) is 2.44. The van der Waals surface area contributed by atoms with Crippen LogP contribution in [0.5, 0.6) is 11.5 Å². The fraction of sp³-hybridized carbons (Fsp3) is 0.571.